The van der Waals surface area contributed by atoms with E-state index in [1.165, 1.54) is 12.3 Å². The lowest BCUT2D eigenvalue weighted by Gasteiger charge is -2.23. The van der Waals surface area contributed by atoms with E-state index < -0.39 is 56.1 Å². The van der Waals surface area contributed by atoms with Crippen LogP contribution in [0, 0.1) is 34.3 Å². The fourth-order valence-corrected chi connectivity index (χ4v) is 5.16. The second-order valence-electron chi connectivity index (χ2n) is 6.44. The topological polar surface area (TPSA) is 70.3 Å². The Bertz CT molecular complexity index is 1050. The summed E-state index contributed by atoms with van der Waals surface area (Å²) in [5.74, 6) is -13.1. The van der Waals surface area contributed by atoms with Gasteiger partial charge < -0.3 is 5.21 Å². The molecule has 0 unspecified atom stereocenters. The minimum absolute atomic E-state index is 0.135. The fraction of sp³-hybridized carbons (Fsp3) is 0.312. The third-order valence-corrected chi connectivity index (χ3v) is 6.35. The highest BCUT2D eigenvalue weighted by Crippen LogP contribution is 2.53. The Morgan fingerprint density at radius 1 is 1.00 bits per heavy atom. The Hall–Kier alpha value is -2.27. The lowest BCUT2D eigenvalue weighted by molar-refractivity contribution is -0.616. The molecule has 1 fully saturated rings. The third-order valence-electron chi connectivity index (χ3n) is 5.00. The molecule has 2 bridgehead atoms. The summed E-state index contributed by atoms with van der Waals surface area (Å²) in [6.45, 7) is 0. The molecule has 144 valence electrons. The summed E-state index contributed by atoms with van der Waals surface area (Å²) in [4.78, 5) is -2.04. The first-order valence-electron chi connectivity index (χ1n) is 7.80. The monoisotopic (exact) mass is 407 g/mol. The van der Waals surface area contributed by atoms with Crippen LogP contribution >= 0.6 is 0 Å². The molecule has 3 atom stereocenters. The molecular formula is C16H10F5NO4S. The van der Waals surface area contributed by atoms with E-state index >= 15 is 0 Å². The number of aromatic nitrogens is 1. The zero-order valence-corrected chi connectivity index (χ0v) is 14.1. The number of hydrogen-bond donors (Lipinski definition) is 0. The predicted octanol–water partition coefficient (Wildman–Crippen LogP) is 2.76. The zero-order valence-electron chi connectivity index (χ0n) is 13.3. The molecule has 0 amide bonds. The van der Waals surface area contributed by atoms with Crippen molar-refractivity contribution in [3.05, 3.63) is 63.9 Å². The van der Waals surface area contributed by atoms with Gasteiger partial charge in [0.2, 0.25) is 11.5 Å². The highest BCUT2D eigenvalue weighted by Gasteiger charge is 2.51. The van der Waals surface area contributed by atoms with Crippen molar-refractivity contribution in [3.63, 3.8) is 0 Å². The number of halogens is 5. The summed E-state index contributed by atoms with van der Waals surface area (Å²) in [6.07, 6.45) is 0.592. The van der Waals surface area contributed by atoms with E-state index in [2.05, 4.69) is 0 Å². The Kier molecular flexibility index (Phi) is 3.93. The predicted molar refractivity (Wildman–Crippen MR) is 78.4 cm³/mol. The van der Waals surface area contributed by atoms with Gasteiger partial charge in [0, 0.05) is 11.6 Å². The van der Waals surface area contributed by atoms with Gasteiger partial charge in [-0.15, -0.1) is 0 Å². The molecule has 11 heteroatoms. The van der Waals surface area contributed by atoms with Gasteiger partial charge in [0.15, 0.2) is 34.4 Å². The first-order chi connectivity index (χ1) is 12.6. The van der Waals surface area contributed by atoms with Crippen molar-refractivity contribution in [1.82, 2.24) is 0 Å². The van der Waals surface area contributed by atoms with Gasteiger partial charge in [-0.2, -0.15) is 13.1 Å². The van der Waals surface area contributed by atoms with E-state index in [0.29, 0.717) is 11.2 Å². The Morgan fingerprint density at radius 3 is 2.22 bits per heavy atom. The minimum Gasteiger partial charge on any atom is -0.618 e. The summed E-state index contributed by atoms with van der Waals surface area (Å²) in [5.41, 5.74) is 1.01. The van der Waals surface area contributed by atoms with Gasteiger partial charge in [-0.1, -0.05) is 0 Å². The number of hydrogen-bond acceptors (Lipinski definition) is 4. The smallest absolute Gasteiger partial charge is 0.303 e. The van der Waals surface area contributed by atoms with E-state index in [9.17, 15) is 35.6 Å². The Morgan fingerprint density at radius 2 is 1.59 bits per heavy atom. The molecule has 1 heterocycles. The van der Waals surface area contributed by atoms with Gasteiger partial charge in [-0.3, -0.25) is 4.18 Å². The van der Waals surface area contributed by atoms with Crippen LogP contribution in [0.1, 0.15) is 35.9 Å². The van der Waals surface area contributed by atoms with Gasteiger partial charge in [0.1, 0.15) is 0 Å². The molecule has 1 aromatic carbocycles. The summed E-state index contributed by atoms with van der Waals surface area (Å²) in [6, 6.07) is 3.25. The molecule has 0 saturated heterocycles. The van der Waals surface area contributed by atoms with E-state index in [0.717, 1.165) is 5.56 Å². The Labute approximate surface area is 149 Å². The van der Waals surface area contributed by atoms with Crippen LogP contribution in [0.25, 0.3) is 0 Å². The first kappa shape index (κ1) is 18.1. The van der Waals surface area contributed by atoms with Crippen molar-refractivity contribution in [2.24, 2.45) is 0 Å². The molecule has 27 heavy (non-hydrogen) atoms. The normalized spacial score (nSPS) is 23.7. The van der Waals surface area contributed by atoms with Crippen LogP contribution in [0.4, 0.5) is 22.0 Å². The zero-order chi connectivity index (χ0) is 19.7. The van der Waals surface area contributed by atoms with Crippen LogP contribution in [-0.4, -0.2) is 14.5 Å². The highest BCUT2D eigenvalue weighted by atomic mass is 32.2. The van der Waals surface area contributed by atoms with Gasteiger partial charge in [-0.05, 0) is 24.8 Å². The molecule has 5 nitrogen and oxygen atoms in total. The SMILES string of the molecule is O=S(=O)(O[C@H]1C[C@H]2C[C@@H]1c1c2ccc[n+]1[O-])c1c(F)c(F)c(F)c(F)c1F. The summed E-state index contributed by atoms with van der Waals surface area (Å²) in [7, 11) is -5.31. The van der Waals surface area contributed by atoms with Gasteiger partial charge >= 0.3 is 10.1 Å². The summed E-state index contributed by atoms with van der Waals surface area (Å²) < 4.78 is 97.4. The fourth-order valence-electron chi connectivity index (χ4n) is 3.90. The lowest BCUT2D eigenvalue weighted by Crippen LogP contribution is -2.37. The van der Waals surface area contributed by atoms with Crippen molar-refractivity contribution < 1.29 is 39.3 Å². The average molecular weight is 407 g/mol. The number of pyridine rings is 1. The van der Waals surface area contributed by atoms with Crippen molar-refractivity contribution in [2.75, 3.05) is 0 Å². The van der Waals surface area contributed by atoms with Crippen LogP contribution in [0.5, 0.6) is 0 Å². The van der Waals surface area contributed by atoms with Gasteiger partial charge in [-0.25, -0.2) is 22.0 Å². The number of fused-ring (bicyclic) bond motifs is 5. The maximum absolute atomic E-state index is 13.8. The highest BCUT2D eigenvalue weighted by molar-refractivity contribution is 7.86. The second kappa shape index (κ2) is 5.86. The van der Waals surface area contributed by atoms with E-state index in [1.807, 2.05) is 0 Å². The molecule has 0 aliphatic heterocycles. The molecule has 2 aromatic rings. The van der Waals surface area contributed by atoms with Crippen LogP contribution in [0.3, 0.4) is 0 Å². The Balaban J connectivity index is 1.72. The summed E-state index contributed by atoms with van der Waals surface area (Å²) in [5, 5.41) is 12.0. The molecule has 1 saturated carbocycles. The van der Waals surface area contributed by atoms with Crippen LogP contribution < -0.4 is 4.73 Å². The first-order valence-corrected chi connectivity index (χ1v) is 9.21. The van der Waals surface area contributed by atoms with E-state index in [1.54, 1.807) is 6.07 Å². The van der Waals surface area contributed by atoms with E-state index in [4.69, 9.17) is 4.18 Å². The quantitative estimate of drug-likeness (QED) is 0.196. The molecule has 1 aromatic heterocycles. The van der Waals surface area contributed by atoms with Crippen molar-refractivity contribution in [1.29, 1.82) is 0 Å². The molecular weight excluding hydrogens is 397 g/mol. The molecule has 4 rings (SSSR count). The number of benzene rings is 1. The van der Waals surface area contributed by atoms with Gasteiger partial charge in [0.25, 0.3) is 0 Å². The van der Waals surface area contributed by atoms with Crippen molar-refractivity contribution in [2.45, 2.75) is 35.7 Å². The average Bonchev–Trinajstić information content (AvgIpc) is 3.17. The standard InChI is InChI=1S/C16H10F5NO4S/c17-10-11(18)13(20)16(14(21)12(10)19)27(24,25)26-9-5-6-4-8(9)15-7(6)2-1-3-22(15)23/h1-3,6,8-9H,4-5H2/t6-,8+,9+/m1/s1. The maximum atomic E-state index is 13.8. The minimum atomic E-state index is -5.31. The van der Waals surface area contributed by atoms with Crippen LogP contribution in [0.2, 0.25) is 0 Å². The summed E-state index contributed by atoms with van der Waals surface area (Å²) >= 11 is 0. The molecule has 2 aliphatic carbocycles. The van der Waals surface area contributed by atoms with Crippen molar-refractivity contribution >= 4 is 10.1 Å². The molecule has 0 radical (unpaired) electrons. The molecule has 0 N–H and O–H groups in total. The number of nitrogens with zero attached hydrogens (tertiary/aromatic N) is 1. The number of rotatable bonds is 3. The second-order valence-corrected chi connectivity index (χ2v) is 7.95. The van der Waals surface area contributed by atoms with Crippen molar-refractivity contribution in [3.8, 4) is 0 Å². The van der Waals surface area contributed by atoms with Gasteiger partial charge in [0.05, 0.1) is 12.0 Å². The molecule has 2 aliphatic rings. The van der Waals surface area contributed by atoms with Crippen LogP contribution in [-0.2, 0) is 14.3 Å². The lowest BCUT2D eigenvalue weighted by atomic mass is 9.94. The third kappa shape index (κ3) is 2.52. The largest absolute Gasteiger partial charge is 0.618 e. The maximum Gasteiger partial charge on any atom is 0.303 e. The van der Waals surface area contributed by atoms with Crippen LogP contribution in [0.15, 0.2) is 23.2 Å². The molecule has 0 spiro atoms. The van der Waals surface area contributed by atoms with E-state index in [-0.39, 0.29) is 18.0 Å².